The molecule has 4 aromatic carbocycles. The molecule has 0 aliphatic heterocycles. The molecular weight excluding hydrogens is 396 g/mol. The van der Waals surface area contributed by atoms with Gasteiger partial charge in [0.15, 0.2) is 0 Å². The molecule has 5 heteroatoms. The second-order valence-corrected chi connectivity index (χ2v) is 7.15. The van der Waals surface area contributed by atoms with Crippen molar-refractivity contribution < 1.29 is 9.53 Å². The van der Waals surface area contributed by atoms with Gasteiger partial charge >= 0.3 is 0 Å². The van der Waals surface area contributed by atoms with Gasteiger partial charge in [0, 0.05) is 5.02 Å². The Labute approximate surface area is 179 Å². The van der Waals surface area contributed by atoms with Gasteiger partial charge in [0.2, 0.25) is 0 Å². The van der Waals surface area contributed by atoms with Crippen molar-refractivity contribution in [3.05, 3.63) is 113 Å². The van der Waals surface area contributed by atoms with Crippen LogP contribution in [0.4, 0.5) is 0 Å². The second kappa shape index (κ2) is 9.25. The van der Waals surface area contributed by atoms with E-state index in [0.717, 1.165) is 21.9 Å². The normalized spacial score (nSPS) is 11.0. The average molecular weight is 415 g/mol. The van der Waals surface area contributed by atoms with E-state index >= 15 is 0 Å². The first kappa shape index (κ1) is 19.7. The Balaban J connectivity index is 1.42. The average Bonchev–Trinajstić information content (AvgIpc) is 2.79. The summed E-state index contributed by atoms with van der Waals surface area (Å²) in [4.78, 5) is 12.6. The first-order valence-corrected chi connectivity index (χ1v) is 9.85. The number of carbonyl (C=O) groups is 1. The van der Waals surface area contributed by atoms with E-state index in [0.29, 0.717) is 22.9 Å². The first-order chi connectivity index (χ1) is 14.7. The largest absolute Gasteiger partial charge is 0.488 e. The van der Waals surface area contributed by atoms with Crippen molar-refractivity contribution in [3.8, 4) is 5.75 Å². The Morgan fingerprint density at radius 2 is 1.63 bits per heavy atom. The van der Waals surface area contributed by atoms with Crippen LogP contribution < -0.4 is 10.2 Å². The van der Waals surface area contributed by atoms with Crippen LogP contribution in [0.5, 0.6) is 5.75 Å². The van der Waals surface area contributed by atoms with Crippen molar-refractivity contribution in [2.45, 2.75) is 6.61 Å². The topological polar surface area (TPSA) is 50.7 Å². The number of fused-ring (bicyclic) bond motifs is 1. The van der Waals surface area contributed by atoms with Gasteiger partial charge in [-0.1, -0.05) is 72.3 Å². The number of hydrogen-bond acceptors (Lipinski definition) is 3. The summed E-state index contributed by atoms with van der Waals surface area (Å²) in [7, 11) is 0. The Kier molecular flexibility index (Phi) is 6.06. The number of para-hydroxylation sites is 1. The quantitative estimate of drug-likeness (QED) is 0.318. The van der Waals surface area contributed by atoms with Gasteiger partial charge in [-0.25, -0.2) is 5.43 Å². The van der Waals surface area contributed by atoms with E-state index in [-0.39, 0.29) is 5.91 Å². The molecule has 4 rings (SSSR count). The van der Waals surface area contributed by atoms with Crippen molar-refractivity contribution in [1.29, 1.82) is 0 Å². The van der Waals surface area contributed by atoms with Gasteiger partial charge in [0.05, 0.1) is 11.8 Å². The monoisotopic (exact) mass is 414 g/mol. The lowest BCUT2D eigenvalue weighted by Crippen LogP contribution is -2.18. The third-order valence-corrected chi connectivity index (χ3v) is 4.84. The van der Waals surface area contributed by atoms with Crippen LogP contribution in [0.1, 0.15) is 21.5 Å². The van der Waals surface area contributed by atoms with E-state index in [1.807, 2.05) is 54.6 Å². The lowest BCUT2D eigenvalue weighted by atomic mass is 10.1. The van der Waals surface area contributed by atoms with E-state index in [1.54, 1.807) is 36.5 Å². The standard InChI is InChI=1S/C25H19ClN2O2/c26-22-13-10-18(11-14-22)17-30-24-8-4-3-7-23(24)25(29)28-27-16-19-9-12-20-5-1-2-6-21(20)15-19/h1-16H,17H2,(H,28,29)/b27-16-. The molecule has 0 saturated carbocycles. The minimum atomic E-state index is -0.334. The maximum atomic E-state index is 12.6. The molecule has 0 aromatic heterocycles. The van der Waals surface area contributed by atoms with Gasteiger partial charge in [-0.15, -0.1) is 0 Å². The molecular formula is C25H19ClN2O2. The van der Waals surface area contributed by atoms with Crippen LogP contribution in [0.2, 0.25) is 5.02 Å². The highest BCUT2D eigenvalue weighted by atomic mass is 35.5. The number of halogens is 1. The molecule has 0 radical (unpaired) electrons. The summed E-state index contributed by atoms with van der Waals surface area (Å²) in [5, 5.41) is 7.05. The van der Waals surface area contributed by atoms with E-state index in [1.165, 1.54) is 0 Å². The fraction of sp³-hybridized carbons (Fsp3) is 0.0400. The molecule has 0 spiro atoms. The number of hydrogen-bond donors (Lipinski definition) is 1. The van der Waals surface area contributed by atoms with Crippen LogP contribution in [0.3, 0.4) is 0 Å². The Hall–Kier alpha value is -3.63. The molecule has 1 amide bonds. The summed E-state index contributed by atoms with van der Waals surface area (Å²) < 4.78 is 5.84. The highest BCUT2D eigenvalue weighted by molar-refractivity contribution is 6.30. The molecule has 0 unspecified atom stereocenters. The van der Waals surface area contributed by atoms with E-state index in [4.69, 9.17) is 16.3 Å². The number of carbonyl (C=O) groups excluding carboxylic acids is 1. The number of nitrogens with one attached hydrogen (secondary N) is 1. The van der Waals surface area contributed by atoms with Crippen LogP contribution in [-0.2, 0) is 6.61 Å². The Bertz CT molecular complexity index is 1200. The maximum Gasteiger partial charge on any atom is 0.275 e. The summed E-state index contributed by atoms with van der Waals surface area (Å²) in [5.41, 5.74) is 4.86. The molecule has 0 heterocycles. The Morgan fingerprint density at radius 1 is 0.900 bits per heavy atom. The molecule has 0 saturated heterocycles. The van der Waals surface area contributed by atoms with Gasteiger partial charge in [-0.3, -0.25) is 4.79 Å². The van der Waals surface area contributed by atoms with Crippen LogP contribution in [0.25, 0.3) is 10.8 Å². The number of ether oxygens (including phenoxy) is 1. The number of hydrazone groups is 1. The first-order valence-electron chi connectivity index (χ1n) is 9.47. The van der Waals surface area contributed by atoms with Crippen molar-refractivity contribution in [2.75, 3.05) is 0 Å². The summed E-state index contributed by atoms with van der Waals surface area (Å²) in [6, 6.07) is 28.6. The number of amides is 1. The Morgan fingerprint density at radius 3 is 2.47 bits per heavy atom. The molecule has 148 valence electrons. The van der Waals surface area contributed by atoms with Crippen molar-refractivity contribution in [2.24, 2.45) is 5.10 Å². The molecule has 1 N–H and O–H groups in total. The highest BCUT2D eigenvalue weighted by Gasteiger charge is 2.11. The smallest absolute Gasteiger partial charge is 0.275 e. The summed E-state index contributed by atoms with van der Waals surface area (Å²) >= 11 is 5.91. The lowest BCUT2D eigenvalue weighted by molar-refractivity contribution is 0.0950. The number of benzene rings is 4. The minimum absolute atomic E-state index is 0.334. The van der Waals surface area contributed by atoms with E-state index in [9.17, 15) is 4.79 Å². The maximum absolute atomic E-state index is 12.6. The van der Waals surface area contributed by atoms with Crippen molar-refractivity contribution in [3.63, 3.8) is 0 Å². The molecule has 0 fully saturated rings. The predicted octanol–water partition coefficient (Wildman–Crippen LogP) is 5.84. The third kappa shape index (κ3) is 4.85. The number of rotatable bonds is 6. The van der Waals surface area contributed by atoms with Gasteiger partial charge in [0.25, 0.3) is 5.91 Å². The molecule has 4 aromatic rings. The molecule has 0 atom stereocenters. The van der Waals surface area contributed by atoms with E-state index < -0.39 is 0 Å². The molecule has 0 aliphatic rings. The predicted molar refractivity (Wildman–Crippen MR) is 121 cm³/mol. The zero-order valence-corrected chi connectivity index (χ0v) is 16.8. The highest BCUT2D eigenvalue weighted by Crippen LogP contribution is 2.20. The fourth-order valence-electron chi connectivity index (χ4n) is 3.04. The van der Waals surface area contributed by atoms with Crippen LogP contribution >= 0.6 is 11.6 Å². The molecule has 30 heavy (non-hydrogen) atoms. The molecule has 0 aliphatic carbocycles. The zero-order chi connectivity index (χ0) is 20.8. The van der Waals surface area contributed by atoms with Gasteiger partial charge in [0.1, 0.15) is 12.4 Å². The minimum Gasteiger partial charge on any atom is -0.488 e. The third-order valence-electron chi connectivity index (χ3n) is 4.59. The summed E-state index contributed by atoms with van der Waals surface area (Å²) in [6.45, 7) is 0.335. The van der Waals surface area contributed by atoms with Crippen molar-refractivity contribution >= 4 is 34.5 Å². The van der Waals surface area contributed by atoms with Crippen LogP contribution in [0, 0.1) is 0 Å². The van der Waals surface area contributed by atoms with Gasteiger partial charge < -0.3 is 4.74 Å². The fourth-order valence-corrected chi connectivity index (χ4v) is 3.16. The SMILES string of the molecule is O=C(N/N=C\c1ccc2ccccc2c1)c1ccccc1OCc1ccc(Cl)cc1. The second-order valence-electron chi connectivity index (χ2n) is 6.72. The van der Waals surface area contributed by atoms with Gasteiger partial charge in [-0.2, -0.15) is 5.10 Å². The van der Waals surface area contributed by atoms with Gasteiger partial charge in [-0.05, 0) is 52.2 Å². The molecule has 4 nitrogen and oxygen atoms in total. The summed E-state index contributed by atoms with van der Waals surface area (Å²) in [5.74, 6) is 0.157. The number of nitrogens with zero attached hydrogens (tertiary/aromatic N) is 1. The summed E-state index contributed by atoms with van der Waals surface area (Å²) in [6.07, 6.45) is 1.63. The lowest BCUT2D eigenvalue weighted by Gasteiger charge is -2.10. The zero-order valence-electron chi connectivity index (χ0n) is 16.1. The van der Waals surface area contributed by atoms with Crippen LogP contribution in [0.15, 0.2) is 96.1 Å². The van der Waals surface area contributed by atoms with Crippen LogP contribution in [-0.4, -0.2) is 12.1 Å². The van der Waals surface area contributed by atoms with Crippen molar-refractivity contribution in [1.82, 2.24) is 5.43 Å². The van der Waals surface area contributed by atoms with E-state index in [2.05, 4.69) is 16.6 Å². The molecule has 0 bridgehead atoms.